The van der Waals surface area contributed by atoms with Crippen LogP contribution in [-0.4, -0.2) is 19.3 Å². The van der Waals surface area contributed by atoms with Crippen LogP contribution in [0.2, 0.25) is 0 Å². The van der Waals surface area contributed by atoms with E-state index in [9.17, 15) is 23.9 Å². The average molecular weight is 284 g/mol. The summed E-state index contributed by atoms with van der Waals surface area (Å²) in [6.45, 7) is 3.01. The van der Waals surface area contributed by atoms with Gasteiger partial charge in [0.2, 0.25) is 0 Å². The van der Waals surface area contributed by atoms with Crippen LogP contribution in [-0.2, 0) is 4.57 Å². The predicted octanol–water partition coefficient (Wildman–Crippen LogP) is 0.694. The summed E-state index contributed by atoms with van der Waals surface area (Å²) in [5.74, 6) is -1.40. The molecule has 1 heterocycles. The number of H-pyrrole nitrogens is 1. The van der Waals surface area contributed by atoms with Crippen LogP contribution in [0.4, 0.5) is 0 Å². The number of hydrogen-bond acceptors (Lipinski definition) is 3. The van der Waals surface area contributed by atoms with Gasteiger partial charge in [0.1, 0.15) is 5.78 Å². The quantitative estimate of drug-likeness (QED) is 0.555. The highest BCUT2D eigenvalue weighted by molar-refractivity contribution is 7.51. The van der Waals surface area contributed by atoms with Crippen LogP contribution in [0.3, 0.4) is 0 Å². The van der Waals surface area contributed by atoms with Crippen LogP contribution in [0.15, 0.2) is 27.8 Å². The lowest BCUT2D eigenvalue weighted by atomic mass is 10.2. The third-order valence-electron chi connectivity index (χ3n) is 2.93. The molecule has 0 saturated carbocycles. The van der Waals surface area contributed by atoms with E-state index in [2.05, 4.69) is 4.98 Å². The molecular formula is C11H13N2O5P. The Kier molecular flexibility index (Phi) is 3.22. The minimum atomic E-state index is -4.53. The SMILES string of the molecule is Cc1ccc2c(c1)[nH]c(=O)c(=O)n2C(C)P(=O)(O)O. The maximum atomic E-state index is 11.8. The molecule has 0 saturated heterocycles. The van der Waals surface area contributed by atoms with Gasteiger partial charge in [-0.1, -0.05) is 6.07 Å². The Morgan fingerprint density at radius 3 is 2.53 bits per heavy atom. The molecule has 2 aromatic rings. The fourth-order valence-electron chi connectivity index (χ4n) is 1.88. The van der Waals surface area contributed by atoms with Crippen LogP contribution in [0, 0.1) is 6.92 Å². The van der Waals surface area contributed by atoms with Crippen molar-refractivity contribution in [3.63, 3.8) is 0 Å². The molecule has 0 spiro atoms. The molecule has 0 amide bonds. The van der Waals surface area contributed by atoms with E-state index in [1.54, 1.807) is 25.1 Å². The van der Waals surface area contributed by atoms with E-state index in [1.807, 2.05) is 0 Å². The zero-order valence-electron chi connectivity index (χ0n) is 10.3. The molecule has 2 rings (SSSR count). The Balaban J connectivity index is 2.93. The van der Waals surface area contributed by atoms with E-state index in [1.165, 1.54) is 6.92 Å². The molecule has 19 heavy (non-hydrogen) atoms. The molecule has 1 unspecified atom stereocenters. The summed E-state index contributed by atoms with van der Waals surface area (Å²) >= 11 is 0. The van der Waals surface area contributed by atoms with Crippen molar-refractivity contribution in [3.8, 4) is 0 Å². The number of fused-ring (bicyclic) bond motifs is 1. The summed E-state index contributed by atoms with van der Waals surface area (Å²) in [7, 11) is -4.53. The smallest absolute Gasteiger partial charge is 0.323 e. The van der Waals surface area contributed by atoms with E-state index in [-0.39, 0.29) is 5.52 Å². The molecule has 102 valence electrons. The normalized spacial score (nSPS) is 13.7. The van der Waals surface area contributed by atoms with Gasteiger partial charge in [0, 0.05) is 0 Å². The maximum Gasteiger partial charge on any atom is 0.347 e. The van der Waals surface area contributed by atoms with Crippen molar-refractivity contribution in [1.82, 2.24) is 9.55 Å². The zero-order valence-corrected chi connectivity index (χ0v) is 11.2. The average Bonchev–Trinajstić information content (AvgIpc) is 2.29. The second kappa shape index (κ2) is 4.45. The van der Waals surface area contributed by atoms with Gasteiger partial charge in [-0.05, 0) is 31.5 Å². The molecule has 3 N–H and O–H groups in total. The lowest BCUT2D eigenvalue weighted by molar-refractivity contribution is 0.346. The molecule has 0 fully saturated rings. The summed E-state index contributed by atoms with van der Waals surface area (Å²) in [6, 6.07) is 4.89. The third kappa shape index (κ3) is 2.40. The minimum Gasteiger partial charge on any atom is -0.323 e. The van der Waals surface area contributed by atoms with Crippen molar-refractivity contribution >= 4 is 18.6 Å². The number of aromatic amines is 1. The van der Waals surface area contributed by atoms with Crippen molar-refractivity contribution in [2.75, 3.05) is 0 Å². The summed E-state index contributed by atoms with van der Waals surface area (Å²) in [5.41, 5.74) is -0.376. The van der Waals surface area contributed by atoms with Gasteiger partial charge in [0.25, 0.3) is 0 Å². The number of aryl methyl sites for hydroxylation is 1. The number of hydrogen-bond donors (Lipinski definition) is 3. The fraction of sp³-hybridized carbons (Fsp3) is 0.273. The molecule has 1 aromatic carbocycles. The van der Waals surface area contributed by atoms with Crippen molar-refractivity contribution in [1.29, 1.82) is 0 Å². The molecule has 8 heteroatoms. The van der Waals surface area contributed by atoms with Crippen molar-refractivity contribution in [2.24, 2.45) is 0 Å². The molecule has 0 radical (unpaired) electrons. The zero-order chi connectivity index (χ0) is 14.4. The lowest BCUT2D eigenvalue weighted by Crippen LogP contribution is -2.37. The van der Waals surface area contributed by atoms with Gasteiger partial charge in [-0.25, -0.2) is 0 Å². The highest BCUT2D eigenvalue weighted by Crippen LogP contribution is 2.48. The Morgan fingerprint density at radius 2 is 1.95 bits per heavy atom. The molecule has 1 atom stereocenters. The molecule has 0 aliphatic carbocycles. The van der Waals surface area contributed by atoms with Gasteiger partial charge in [-0.2, -0.15) is 0 Å². The number of nitrogens with zero attached hydrogens (tertiary/aromatic N) is 1. The summed E-state index contributed by atoms with van der Waals surface area (Å²) in [4.78, 5) is 44.2. The first-order chi connectivity index (χ1) is 8.71. The van der Waals surface area contributed by atoms with Crippen LogP contribution >= 0.6 is 7.60 Å². The van der Waals surface area contributed by atoms with Gasteiger partial charge in [-0.15, -0.1) is 0 Å². The minimum absolute atomic E-state index is 0.283. The second-order valence-corrected chi connectivity index (χ2v) is 6.30. The van der Waals surface area contributed by atoms with Crippen LogP contribution in [0.5, 0.6) is 0 Å². The lowest BCUT2D eigenvalue weighted by Gasteiger charge is -2.18. The van der Waals surface area contributed by atoms with E-state index in [4.69, 9.17) is 0 Å². The summed E-state index contributed by atoms with van der Waals surface area (Å²) in [5, 5.41) is 0. The highest BCUT2D eigenvalue weighted by Gasteiger charge is 2.28. The molecule has 7 nitrogen and oxygen atoms in total. The Hall–Kier alpha value is -1.69. The first-order valence-corrected chi connectivity index (χ1v) is 7.20. The van der Waals surface area contributed by atoms with E-state index >= 15 is 0 Å². The molecule has 0 aliphatic heterocycles. The monoisotopic (exact) mass is 284 g/mol. The summed E-state index contributed by atoms with van der Waals surface area (Å²) in [6.07, 6.45) is 0. The van der Waals surface area contributed by atoms with Gasteiger partial charge in [-0.3, -0.25) is 18.7 Å². The Morgan fingerprint density at radius 1 is 1.32 bits per heavy atom. The first kappa shape index (κ1) is 13.7. The van der Waals surface area contributed by atoms with E-state index < -0.39 is 24.5 Å². The standard InChI is InChI=1S/C11H13N2O5P/c1-6-3-4-9-8(5-6)12-10(14)11(15)13(9)7(2)19(16,17)18/h3-5,7H,1-2H3,(H,12,14)(H2,16,17,18). The van der Waals surface area contributed by atoms with Gasteiger partial charge < -0.3 is 14.8 Å². The van der Waals surface area contributed by atoms with Crippen molar-refractivity contribution in [3.05, 3.63) is 44.5 Å². The Bertz CT molecular complexity index is 801. The molecule has 0 aliphatic rings. The predicted molar refractivity (Wildman–Crippen MR) is 70.3 cm³/mol. The number of rotatable bonds is 2. The fourth-order valence-corrected chi connectivity index (χ4v) is 2.41. The Labute approximate surface area is 107 Å². The van der Waals surface area contributed by atoms with Gasteiger partial charge in [0.05, 0.1) is 11.0 Å². The maximum absolute atomic E-state index is 11.8. The third-order valence-corrected chi connectivity index (χ3v) is 4.14. The summed E-state index contributed by atoms with van der Waals surface area (Å²) < 4.78 is 12.2. The van der Waals surface area contributed by atoms with Gasteiger partial charge >= 0.3 is 18.7 Å². The van der Waals surface area contributed by atoms with Crippen molar-refractivity contribution in [2.45, 2.75) is 19.6 Å². The number of aromatic nitrogens is 2. The second-order valence-electron chi connectivity index (χ2n) is 4.37. The van der Waals surface area contributed by atoms with Crippen molar-refractivity contribution < 1.29 is 14.4 Å². The highest BCUT2D eigenvalue weighted by atomic mass is 31.2. The van der Waals surface area contributed by atoms with E-state index in [0.717, 1.165) is 10.1 Å². The van der Waals surface area contributed by atoms with E-state index in [0.29, 0.717) is 5.52 Å². The largest absolute Gasteiger partial charge is 0.347 e. The number of benzene rings is 1. The van der Waals surface area contributed by atoms with Crippen LogP contribution in [0.1, 0.15) is 18.3 Å². The van der Waals surface area contributed by atoms with Crippen LogP contribution < -0.4 is 11.1 Å². The topological polar surface area (TPSA) is 112 Å². The van der Waals surface area contributed by atoms with Crippen LogP contribution in [0.25, 0.3) is 11.0 Å². The molecule has 0 bridgehead atoms. The van der Waals surface area contributed by atoms with Gasteiger partial charge in [0.15, 0.2) is 0 Å². The molecular weight excluding hydrogens is 271 g/mol. The molecule has 1 aromatic heterocycles. The first-order valence-electron chi connectivity index (χ1n) is 5.52. The number of nitrogens with one attached hydrogen (secondary N) is 1.